The molecule has 0 aliphatic rings. The fourth-order valence-corrected chi connectivity index (χ4v) is 2.65. The van der Waals surface area contributed by atoms with Crippen LogP contribution in [-0.4, -0.2) is 31.9 Å². The number of ether oxygens (including phenoxy) is 1. The van der Waals surface area contributed by atoms with Gasteiger partial charge in [0.15, 0.2) is 0 Å². The molecule has 3 aromatic rings. The smallest absolute Gasteiger partial charge is 0.338 e. The van der Waals surface area contributed by atoms with Crippen molar-refractivity contribution in [1.29, 1.82) is 0 Å². The molecule has 0 fully saturated rings. The molecule has 0 spiro atoms. The van der Waals surface area contributed by atoms with Crippen LogP contribution in [0.15, 0.2) is 42.5 Å². The van der Waals surface area contributed by atoms with Crippen LogP contribution >= 0.6 is 0 Å². The number of nitrogens with zero attached hydrogens (tertiary/aromatic N) is 3. The maximum Gasteiger partial charge on any atom is 0.338 e. The lowest BCUT2D eigenvalue weighted by molar-refractivity contribution is -0.385. The number of carbonyl (C=O) groups is 1. The minimum atomic E-state index is -0.567. The van der Waals surface area contributed by atoms with Crippen LogP contribution in [0.1, 0.15) is 29.5 Å². The minimum absolute atomic E-state index is 0.0203. The summed E-state index contributed by atoms with van der Waals surface area (Å²) in [4.78, 5) is 40.0. The van der Waals surface area contributed by atoms with Gasteiger partial charge >= 0.3 is 5.97 Å². The van der Waals surface area contributed by atoms with Gasteiger partial charge in [0.1, 0.15) is 5.82 Å². The van der Waals surface area contributed by atoms with Crippen LogP contribution in [0.2, 0.25) is 0 Å². The van der Waals surface area contributed by atoms with Crippen molar-refractivity contribution in [2.75, 3.05) is 0 Å². The van der Waals surface area contributed by atoms with Crippen molar-refractivity contribution in [3.05, 3.63) is 74.1 Å². The van der Waals surface area contributed by atoms with Crippen LogP contribution in [-0.2, 0) is 11.2 Å². The molecule has 1 atom stereocenters. The lowest BCUT2D eigenvalue weighted by Gasteiger charge is -2.12. The number of rotatable bonds is 7. The van der Waals surface area contributed by atoms with Crippen molar-refractivity contribution in [3.8, 4) is 0 Å². The minimum Gasteiger partial charge on any atom is -0.459 e. The van der Waals surface area contributed by atoms with Gasteiger partial charge in [-0.2, -0.15) is 0 Å². The standard InChI is InChI=1S/C18H16N4O6/c1-11(28-18(23)12-3-5-13(6-4-12)21(24)25)2-9-17-19-15-8-7-14(22(26)27)10-16(15)20-17/h3-8,10-11H,2,9H2,1H3,(H,19,20). The van der Waals surface area contributed by atoms with Crippen LogP contribution in [0.3, 0.4) is 0 Å². The second kappa shape index (κ2) is 7.82. The number of fused-ring (bicyclic) bond motifs is 1. The molecule has 0 bridgehead atoms. The molecule has 1 unspecified atom stereocenters. The number of non-ortho nitro benzene ring substituents is 2. The first-order valence-electron chi connectivity index (χ1n) is 8.42. The molecule has 0 saturated heterocycles. The van der Waals surface area contributed by atoms with Gasteiger partial charge in [0.25, 0.3) is 11.4 Å². The van der Waals surface area contributed by atoms with E-state index in [1.165, 1.54) is 36.4 Å². The van der Waals surface area contributed by atoms with Crippen LogP contribution in [0, 0.1) is 20.2 Å². The summed E-state index contributed by atoms with van der Waals surface area (Å²) in [6.45, 7) is 1.73. The van der Waals surface area contributed by atoms with Gasteiger partial charge < -0.3 is 9.72 Å². The van der Waals surface area contributed by atoms with Gasteiger partial charge in [-0.05, 0) is 31.5 Å². The van der Waals surface area contributed by atoms with E-state index in [9.17, 15) is 25.0 Å². The first-order valence-corrected chi connectivity index (χ1v) is 8.42. The van der Waals surface area contributed by atoms with Gasteiger partial charge in [0.05, 0.1) is 32.5 Å². The molecule has 1 heterocycles. The van der Waals surface area contributed by atoms with Gasteiger partial charge in [0.2, 0.25) is 0 Å². The third kappa shape index (κ3) is 4.29. The number of carbonyl (C=O) groups excluding carboxylic acids is 1. The highest BCUT2D eigenvalue weighted by Gasteiger charge is 2.15. The Morgan fingerprint density at radius 1 is 1.11 bits per heavy atom. The molecule has 0 radical (unpaired) electrons. The van der Waals surface area contributed by atoms with E-state index in [1.54, 1.807) is 13.0 Å². The second-order valence-corrected chi connectivity index (χ2v) is 6.20. The van der Waals surface area contributed by atoms with Gasteiger partial charge in [-0.3, -0.25) is 20.2 Å². The topological polar surface area (TPSA) is 141 Å². The maximum atomic E-state index is 12.1. The normalized spacial score (nSPS) is 11.9. The molecular formula is C18H16N4O6. The Labute approximate surface area is 158 Å². The number of imidazole rings is 1. The zero-order valence-electron chi connectivity index (χ0n) is 14.8. The largest absolute Gasteiger partial charge is 0.459 e. The summed E-state index contributed by atoms with van der Waals surface area (Å²) in [7, 11) is 0. The van der Waals surface area contributed by atoms with E-state index < -0.39 is 21.9 Å². The van der Waals surface area contributed by atoms with Crippen molar-refractivity contribution >= 4 is 28.4 Å². The Morgan fingerprint density at radius 3 is 2.39 bits per heavy atom. The fourth-order valence-electron chi connectivity index (χ4n) is 2.65. The molecule has 0 aliphatic heterocycles. The molecule has 2 aromatic carbocycles. The number of nitro groups is 2. The molecular weight excluding hydrogens is 368 g/mol. The number of benzene rings is 2. The fraction of sp³-hybridized carbons (Fsp3) is 0.222. The van der Waals surface area contributed by atoms with Gasteiger partial charge in [-0.15, -0.1) is 0 Å². The maximum absolute atomic E-state index is 12.1. The van der Waals surface area contributed by atoms with E-state index in [4.69, 9.17) is 4.74 Å². The van der Waals surface area contributed by atoms with E-state index in [0.29, 0.717) is 29.7 Å². The Kier molecular flexibility index (Phi) is 5.30. The summed E-state index contributed by atoms with van der Waals surface area (Å²) in [6.07, 6.45) is 0.558. The molecule has 1 aromatic heterocycles. The monoisotopic (exact) mass is 384 g/mol. The summed E-state index contributed by atoms with van der Waals surface area (Å²) >= 11 is 0. The molecule has 3 rings (SSSR count). The molecule has 28 heavy (non-hydrogen) atoms. The van der Waals surface area contributed by atoms with E-state index >= 15 is 0 Å². The summed E-state index contributed by atoms with van der Waals surface area (Å²) < 4.78 is 5.34. The lowest BCUT2D eigenvalue weighted by atomic mass is 10.2. The lowest BCUT2D eigenvalue weighted by Crippen LogP contribution is -2.16. The number of esters is 1. The first-order chi connectivity index (χ1) is 13.3. The van der Waals surface area contributed by atoms with E-state index in [2.05, 4.69) is 9.97 Å². The highest BCUT2D eigenvalue weighted by Crippen LogP contribution is 2.20. The van der Waals surface area contributed by atoms with Crippen LogP contribution < -0.4 is 0 Å². The van der Waals surface area contributed by atoms with Crippen molar-refractivity contribution in [1.82, 2.24) is 9.97 Å². The zero-order valence-corrected chi connectivity index (χ0v) is 14.8. The van der Waals surface area contributed by atoms with Crippen LogP contribution in [0.25, 0.3) is 11.0 Å². The Balaban J connectivity index is 1.58. The Bertz CT molecular complexity index is 1040. The summed E-state index contributed by atoms with van der Waals surface area (Å²) in [6, 6.07) is 9.57. The molecule has 0 aliphatic carbocycles. The zero-order chi connectivity index (χ0) is 20.3. The first kappa shape index (κ1) is 19.0. The molecule has 144 valence electrons. The average molecular weight is 384 g/mol. The van der Waals surface area contributed by atoms with E-state index in [1.807, 2.05) is 0 Å². The van der Waals surface area contributed by atoms with Crippen LogP contribution in [0.4, 0.5) is 11.4 Å². The highest BCUT2D eigenvalue weighted by atomic mass is 16.6. The molecule has 1 N–H and O–H groups in total. The summed E-state index contributed by atoms with van der Waals surface area (Å²) in [5, 5.41) is 21.5. The number of nitro benzene ring substituents is 2. The third-order valence-corrected chi connectivity index (χ3v) is 4.14. The van der Waals surface area contributed by atoms with Gasteiger partial charge in [0, 0.05) is 30.7 Å². The molecule has 0 saturated carbocycles. The Morgan fingerprint density at radius 2 is 1.75 bits per heavy atom. The third-order valence-electron chi connectivity index (χ3n) is 4.14. The number of H-pyrrole nitrogens is 1. The number of aryl methyl sites for hydroxylation is 1. The van der Waals surface area contributed by atoms with Crippen molar-refractivity contribution in [2.24, 2.45) is 0 Å². The average Bonchev–Trinajstić information content (AvgIpc) is 3.08. The van der Waals surface area contributed by atoms with Gasteiger partial charge in [-0.25, -0.2) is 9.78 Å². The van der Waals surface area contributed by atoms with Crippen molar-refractivity contribution in [2.45, 2.75) is 25.9 Å². The summed E-state index contributed by atoms with van der Waals surface area (Å²) in [5.74, 6) is 0.0661. The number of hydrogen-bond acceptors (Lipinski definition) is 7. The Hall–Kier alpha value is -3.82. The van der Waals surface area contributed by atoms with Crippen molar-refractivity contribution in [3.63, 3.8) is 0 Å². The second-order valence-electron chi connectivity index (χ2n) is 6.20. The number of hydrogen-bond donors (Lipinski definition) is 1. The molecule has 0 amide bonds. The molecule has 10 nitrogen and oxygen atoms in total. The number of aromatic amines is 1. The van der Waals surface area contributed by atoms with E-state index in [-0.39, 0.29) is 16.9 Å². The summed E-state index contributed by atoms with van der Waals surface area (Å²) in [5.41, 5.74) is 1.30. The predicted octanol–water partition coefficient (Wildman–Crippen LogP) is 3.56. The quantitative estimate of drug-likeness (QED) is 0.373. The van der Waals surface area contributed by atoms with Gasteiger partial charge in [-0.1, -0.05) is 0 Å². The van der Waals surface area contributed by atoms with Crippen LogP contribution in [0.5, 0.6) is 0 Å². The number of aromatic nitrogens is 2. The highest BCUT2D eigenvalue weighted by molar-refractivity contribution is 5.89. The SMILES string of the molecule is CC(CCc1nc2ccc([N+](=O)[O-])cc2[nH]1)OC(=O)c1ccc([N+](=O)[O-])cc1. The number of nitrogens with one attached hydrogen (secondary N) is 1. The van der Waals surface area contributed by atoms with E-state index in [0.717, 1.165) is 0 Å². The molecule has 10 heteroatoms. The predicted molar refractivity (Wildman–Crippen MR) is 99.0 cm³/mol. The van der Waals surface area contributed by atoms with Crippen molar-refractivity contribution < 1.29 is 19.4 Å².